The molecular formula is C14H19FN2O. The van der Waals surface area contributed by atoms with E-state index in [9.17, 15) is 9.18 Å². The van der Waals surface area contributed by atoms with E-state index >= 15 is 0 Å². The molecule has 4 heteroatoms. The Morgan fingerprint density at radius 2 is 2.17 bits per heavy atom. The number of carbonyl (C=O) groups is 1. The van der Waals surface area contributed by atoms with E-state index in [4.69, 9.17) is 5.73 Å². The van der Waals surface area contributed by atoms with Gasteiger partial charge in [0.25, 0.3) is 5.91 Å². The minimum atomic E-state index is -0.460. The standard InChI is InChI=1S/C14H19FN2O/c1-9(2)13-4-3-5-17(13)14(18)10-6-11(15)8-12(16)7-10/h6-9,13H,3-5,16H2,1-2H3. The van der Waals surface area contributed by atoms with Gasteiger partial charge in [0, 0.05) is 23.8 Å². The van der Waals surface area contributed by atoms with E-state index in [1.54, 1.807) is 6.07 Å². The first kappa shape index (κ1) is 12.9. The Kier molecular flexibility index (Phi) is 3.55. The molecule has 0 radical (unpaired) electrons. The molecule has 18 heavy (non-hydrogen) atoms. The molecule has 1 atom stereocenters. The summed E-state index contributed by atoms with van der Waals surface area (Å²) in [7, 11) is 0. The van der Waals surface area contributed by atoms with Crippen molar-refractivity contribution in [2.45, 2.75) is 32.7 Å². The number of nitrogens with zero attached hydrogens (tertiary/aromatic N) is 1. The predicted molar refractivity (Wildman–Crippen MR) is 69.7 cm³/mol. The number of hydrogen-bond acceptors (Lipinski definition) is 2. The van der Waals surface area contributed by atoms with Crippen molar-refractivity contribution in [2.24, 2.45) is 5.92 Å². The molecule has 98 valence electrons. The van der Waals surface area contributed by atoms with Gasteiger partial charge in [0.1, 0.15) is 5.82 Å². The van der Waals surface area contributed by atoms with Gasteiger partial charge in [-0.1, -0.05) is 13.8 Å². The zero-order chi connectivity index (χ0) is 13.3. The zero-order valence-corrected chi connectivity index (χ0v) is 10.8. The van der Waals surface area contributed by atoms with E-state index in [1.165, 1.54) is 12.1 Å². The molecule has 1 saturated heterocycles. The van der Waals surface area contributed by atoms with Gasteiger partial charge in [0.05, 0.1) is 0 Å². The van der Waals surface area contributed by atoms with Crippen molar-refractivity contribution in [3.63, 3.8) is 0 Å². The largest absolute Gasteiger partial charge is 0.399 e. The summed E-state index contributed by atoms with van der Waals surface area (Å²) in [6.45, 7) is 4.96. The number of likely N-dealkylation sites (tertiary alicyclic amines) is 1. The number of benzene rings is 1. The molecule has 1 heterocycles. The van der Waals surface area contributed by atoms with Crippen molar-refractivity contribution in [1.82, 2.24) is 4.90 Å². The summed E-state index contributed by atoms with van der Waals surface area (Å²) in [5.41, 5.74) is 6.22. The maximum atomic E-state index is 13.3. The Morgan fingerprint density at radius 1 is 1.44 bits per heavy atom. The van der Waals surface area contributed by atoms with Gasteiger partial charge in [0.2, 0.25) is 0 Å². The summed E-state index contributed by atoms with van der Waals surface area (Å²) < 4.78 is 13.3. The van der Waals surface area contributed by atoms with Gasteiger partial charge in [0.15, 0.2) is 0 Å². The second kappa shape index (κ2) is 4.96. The van der Waals surface area contributed by atoms with Crippen molar-refractivity contribution < 1.29 is 9.18 Å². The molecule has 2 N–H and O–H groups in total. The van der Waals surface area contributed by atoms with Crippen molar-refractivity contribution in [1.29, 1.82) is 0 Å². The van der Waals surface area contributed by atoms with Crippen LogP contribution in [0, 0.1) is 11.7 Å². The molecule has 3 nitrogen and oxygen atoms in total. The number of anilines is 1. The van der Waals surface area contributed by atoms with Crippen molar-refractivity contribution >= 4 is 11.6 Å². The molecule has 1 aromatic rings. The van der Waals surface area contributed by atoms with Crippen LogP contribution < -0.4 is 5.73 Å². The average molecular weight is 250 g/mol. The molecular weight excluding hydrogens is 231 g/mol. The molecule has 1 aromatic carbocycles. The van der Waals surface area contributed by atoms with Crippen molar-refractivity contribution in [3.8, 4) is 0 Å². The third-order valence-electron chi connectivity index (χ3n) is 3.50. The SMILES string of the molecule is CC(C)C1CCCN1C(=O)c1cc(N)cc(F)c1. The van der Waals surface area contributed by atoms with Crippen LogP contribution in [-0.4, -0.2) is 23.4 Å². The molecule has 0 saturated carbocycles. The van der Waals surface area contributed by atoms with E-state index in [0.717, 1.165) is 19.4 Å². The maximum absolute atomic E-state index is 13.3. The molecule has 0 aromatic heterocycles. The lowest BCUT2D eigenvalue weighted by Gasteiger charge is -2.27. The predicted octanol–water partition coefficient (Wildman–Crippen LogP) is 2.67. The number of nitrogen functional groups attached to an aromatic ring is 1. The highest BCUT2D eigenvalue weighted by atomic mass is 19.1. The summed E-state index contributed by atoms with van der Waals surface area (Å²) in [6.07, 6.45) is 2.04. The summed E-state index contributed by atoms with van der Waals surface area (Å²) >= 11 is 0. The minimum Gasteiger partial charge on any atom is -0.399 e. The lowest BCUT2D eigenvalue weighted by Crippen LogP contribution is -2.38. The van der Waals surface area contributed by atoms with E-state index in [1.807, 2.05) is 4.90 Å². The molecule has 1 amide bonds. The van der Waals surface area contributed by atoms with Crippen LogP contribution >= 0.6 is 0 Å². The summed E-state index contributed by atoms with van der Waals surface area (Å²) in [4.78, 5) is 14.2. The van der Waals surface area contributed by atoms with E-state index in [0.29, 0.717) is 17.2 Å². The molecule has 0 spiro atoms. The first-order valence-electron chi connectivity index (χ1n) is 6.36. The summed E-state index contributed by atoms with van der Waals surface area (Å²) in [6, 6.07) is 4.28. The number of nitrogens with two attached hydrogens (primary N) is 1. The van der Waals surface area contributed by atoms with E-state index < -0.39 is 5.82 Å². The Labute approximate surface area is 107 Å². The lowest BCUT2D eigenvalue weighted by atomic mass is 10.0. The van der Waals surface area contributed by atoms with Crippen LogP contribution in [0.4, 0.5) is 10.1 Å². The van der Waals surface area contributed by atoms with Crippen LogP contribution in [0.5, 0.6) is 0 Å². The minimum absolute atomic E-state index is 0.114. The normalized spacial score (nSPS) is 19.6. The van der Waals surface area contributed by atoms with Crippen LogP contribution in [0.25, 0.3) is 0 Å². The summed E-state index contributed by atoms with van der Waals surface area (Å²) in [5, 5.41) is 0. The Morgan fingerprint density at radius 3 is 2.78 bits per heavy atom. The van der Waals surface area contributed by atoms with Gasteiger partial charge in [-0.2, -0.15) is 0 Å². The molecule has 0 bridgehead atoms. The monoisotopic (exact) mass is 250 g/mol. The van der Waals surface area contributed by atoms with E-state index in [2.05, 4.69) is 13.8 Å². The number of carbonyl (C=O) groups excluding carboxylic acids is 1. The molecule has 1 fully saturated rings. The fourth-order valence-corrected chi connectivity index (χ4v) is 2.64. The van der Waals surface area contributed by atoms with Crippen LogP contribution in [0.1, 0.15) is 37.0 Å². The fourth-order valence-electron chi connectivity index (χ4n) is 2.64. The van der Waals surface area contributed by atoms with Gasteiger partial charge < -0.3 is 10.6 Å². The quantitative estimate of drug-likeness (QED) is 0.820. The average Bonchev–Trinajstić information content (AvgIpc) is 2.75. The number of rotatable bonds is 2. The third-order valence-corrected chi connectivity index (χ3v) is 3.50. The number of amides is 1. The van der Waals surface area contributed by atoms with Gasteiger partial charge in [-0.05, 0) is 37.0 Å². The van der Waals surface area contributed by atoms with Crippen LogP contribution in [0.15, 0.2) is 18.2 Å². The first-order chi connectivity index (χ1) is 8.49. The van der Waals surface area contributed by atoms with Gasteiger partial charge >= 0.3 is 0 Å². The van der Waals surface area contributed by atoms with Crippen LogP contribution in [0.3, 0.4) is 0 Å². The van der Waals surface area contributed by atoms with Gasteiger partial charge in [-0.3, -0.25) is 4.79 Å². The highest BCUT2D eigenvalue weighted by Gasteiger charge is 2.31. The maximum Gasteiger partial charge on any atom is 0.254 e. The highest BCUT2D eigenvalue weighted by Crippen LogP contribution is 2.26. The molecule has 0 aliphatic carbocycles. The molecule has 1 unspecified atom stereocenters. The Bertz CT molecular complexity index is 439. The third kappa shape index (κ3) is 2.47. The summed E-state index contributed by atoms with van der Waals surface area (Å²) in [5.74, 6) is -0.154. The topological polar surface area (TPSA) is 46.3 Å². The van der Waals surface area contributed by atoms with Crippen molar-refractivity contribution in [3.05, 3.63) is 29.6 Å². The van der Waals surface area contributed by atoms with Crippen LogP contribution in [0.2, 0.25) is 0 Å². The highest BCUT2D eigenvalue weighted by molar-refractivity contribution is 5.95. The van der Waals surface area contributed by atoms with Crippen LogP contribution in [-0.2, 0) is 0 Å². The van der Waals surface area contributed by atoms with Crippen molar-refractivity contribution in [2.75, 3.05) is 12.3 Å². The Balaban J connectivity index is 2.25. The smallest absolute Gasteiger partial charge is 0.254 e. The first-order valence-corrected chi connectivity index (χ1v) is 6.36. The van der Waals surface area contributed by atoms with E-state index in [-0.39, 0.29) is 11.9 Å². The van der Waals surface area contributed by atoms with Gasteiger partial charge in [-0.25, -0.2) is 4.39 Å². The number of halogens is 1. The molecule has 1 aliphatic heterocycles. The zero-order valence-electron chi connectivity index (χ0n) is 10.8. The van der Waals surface area contributed by atoms with Gasteiger partial charge in [-0.15, -0.1) is 0 Å². The second-order valence-corrected chi connectivity index (χ2v) is 5.23. The number of hydrogen-bond donors (Lipinski definition) is 1. The molecule has 2 rings (SSSR count). The lowest BCUT2D eigenvalue weighted by molar-refractivity contribution is 0.0701. The second-order valence-electron chi connectivity index (χ2n) is 5.23. The fraction of sp³-hybridized carbons (Fsp3) is 0.500. The Hall–Kier alpha value is -1.58. The molecule has 1 aliphatic rings.